The second kappa shape index (κ2) is 13.5. The number of hydrogen-bond donors (Lipinski definition) is 2. The molecule has 1 aliphatic rings. The van der Waals surface area contributed by atoms with E-state index in [9.17, 15) is 22.8 Å². The standard InChI is InChI=1S/C22H33F3O6/c1-15(11-26)20(28)30-13-19(14-31-21(29)16(2)12-27)18-8-6-17(7-9-18)5-3-4-10-22(23,24)25/h17-19,26-27H,1-14H2. The molecule has 1 rings (SSSR count). The molecule has 1 saturated carbocycles. The number of unbranched alkanes of at least 4 members (excludes halogenated alkanes) is 1. The van der Waals surface area contributed by atoms with E-state index < -0.39 is 37.7 Å². The van der Waals surface area contributed by atoms with Crippen molar-refractivity contribution >= 4 is 11.9 Å². The van der Waals surface area contributed by atoms with Gasteiger partial charge in [-0.2, -0.15) is 13.2 Å². The SMILES string of the molecule is C=C(CO)C(=O)OCC(COC(=O)C(=C)CO)C1CCC(CCCCC(F)(F)F)CC1. The molecule has 1 fully saturated rings. The van der Waals surface area contributed by atoms with Crippen LogP contribution in [-0.2, 0) is 19.1 Å². The van der Waals surface area contributed by atoms with Crippen molar-refractivity contribution in [3.05, 3.63) is 24.3 Å². The summed E-state index contributed by atoms with van der Waals surface area (Å²) in [6, 6.07) is 0. The molecule has 0 heterocycles. The lowest BCUT2D eigenvalue weighted by Gasteiger charge is -2.33. The molecule has 0 radical (unpaired) electrons. The van der Waals surface area contributed by atoms with Crippen molar-refractivity contribution in [3.8, 4) is 0 Å². The van der Waals surface area contributed by atoms with E-state index in [0.717, 1.165) is 32.1 Å². The lowest BCUT2D eigenvalue weighted by molar-refractivity contribution is -0.146. The van der Waals surface area contributed by atoms with Crippen LogP contribution in [0.1, 0.15) is 51.4 Å². The maximum absolute atomic E-state index is 12.3. The number of ether oxygens (including phenoxy) is 2. The van der Waals surface area contributed by atoms with Crippen LogP contribution in [0.5, 0.6) is 0 Å². The zero-order chi connectivity index (χ0) is 23.4. The number of hydrogen-bond acceptors (Lipinski definition) is 6. The van der Waals surface area contributed by atoms with Crippen LogP contribution in [0.2, 0.25) is 0 Å². The minimum Gasteiger partial charge on any atom is -0.462 e. The highest BCUT2D eigenvalue weighted by Crippen LogP contribution is 2.36. The van der Waals surface area contributed by atoms with Crippen molar-refractivity contribution in [1.82, 2.24) is 0 Å². The summed E-state index contributed by atoms with van der Waals surface area (Å²) in [5.74, 6) is -1.26. The first-order valence-electron chi connectivity index (χ1n) is 10.6. The Balaban J connectivity index is 2.55. The van der Waals surface area contributed by atoms with E-state index in [4.69, 9.17) is 19.7 Å². The quantitative estimate of drug-likeness (QED) is 0.252. The summed E-state index contributed by atoms with van der Waals surface area (Å²) in [5, 5.41) is 18.0. The third kappa shape index (κ3) is 10.8. The first kappa shape index (κ1) is 27.2. The van der Waals surface area contributed by atoms with Gasteiger partial charge in [0.2, 0.25) is 0 Å². The summed E-state index contributed by atoms with van der Waals surface area (Å²) < 4.78 is 47.2. The molecular formula is C22H33F3O6. The van der Waals surface area contributed by atoms with Gasteiger partial charge >= 0.3 is 18.1 Å². The fourth-order valence-electron chi connectivity index (χ4n) is 3.73. The van der Waals surface area contributed by atoms with Crippen LogP contribution in [0.4, 0.5) is 13.2 Å². The molecule has 0 spiro atoms. The van der Waals surface area contributed by atoms with Crippen molar-refractivity contribution in [3.63, 3.8) is 0 Å². The van der Waals surface area contributed by atoms with E-state index >= 15 is 0 Å². The van der Waals surface area contributed by atoms with Crippen LogP contribution in [0.25, 0.3) is 0 Å². The number of aliphatic hydroxyl groups excluding tert-OH is 2. The molecule has 1 aliphatic carbocycles. The normalized spacial score (nSPS) is 19.2. The van der Waals surface area contributed by atoms with Gasteiger partial charge in [0, 0.05) is 12.3 Å². The molecule has 31 heavy (non-hydrogen) atoms. The summed E-state index contributed by atoms with van der Waals surface area (Å²) in [7, 11) is 0. The Hall–Kier alpha value is -1.87. The number of esters is 2. The minimum absolute atomic E-state index is 0.0162. The summed E-state index contributed by atoms with van der Waals surface area (Å²) in [6.07, 6.45) is -0.159. The van der Waals surface area contributed by atoms with Crippen molar-refractivity contribution < 1.29 is 42.4 Å². The average Bonchev–Trinajstić information content (AvgIpc) is 2.75. The van der Waals surface area contributed by atoms with Gasteiger partial charge in [0.1, 0.15) is 0 Å². The van der Waals surface area contributed by atoms with Crippen LogP contribution in [-0.4, -0.2) is 54.8 Å². The van der Waals surface area contributed by atoms with E-state index in [1.54, 1.807) is 0 Å². The highest BCUT2D eigenvalue weighted by atomic mass is 19.4. The minimum atomic E-state index is -4.11. The summed E-state index contributed by atoms with van der Waals surface area (Å²) >= 11 is 0. The van der Waals surface area contributed by atoms with E-state index in [1.807, 2.05) is 0 Å². The molecule has 0 atom stereocenters. The molecule has 0 aromatic carbocycles. The van der Waals surface area contributed by atoms with E-state index in [-0.39, 0.29) is 42.6 Å². The lowest BCUT2D eigenvalue weighted by atomic mass is 9.75. The summed E-state index contributed by atoms with van der Waals surface area (Å²) in [5.41, 5.74) is -0.154. The highest BCUT2D eigenvalue weighted by Gasteiger charge is 2.30. The first-order valence-corrected chi connectivity index (χ1v) is 10.6. The van der Waals surface area contributed by atoms with Crippen molar-refractivity contribution in [1.29, 1.82) is 0 Å². The Bertz CT molecular complexity index is 577. The molecule has 0 saturated heterocycles. The molecule has 0 bridgehead atoms. The molecule has 0 unspecified atom stereocenters. The highest BCUT2D eigenvalue weighted by molar-refractivity contribution is 5.88. The maximum Gasteiger partial charge on any atom is 0.389 e. The van der Waals surface area contributed by atoms with Gasteiger partial charge in [0.15, 0.2) is 0 Å². The van der Waals surface area contributed by atoms with Gasteiger partial charge in [-0.25, -0.2) is 9.59 Å². The molecule has 178 valence electrons. The lowest BCUT2D eigenvalue weighted by Crippen LogP contribution is -2.31. The monoisotopic (exact) mass is 450 g/mol. The smallest absolute Gasteiger partial charge is 0.389 e. The Kier molecular flexibility index (Phi) is 11.8. The van der Waals surface area contributed by atoms with Crippen LogP contribution in [0, 0.1) is 17.8 Å². The third-order valence-corrected chi connectivity index (χ3v) is 5.70. The molecule has 0 aromatic rings. The maximum atomic E-state index is 12.3. The number of halogens is 3. The van der Waals surface area contributed by atoms with Crippen LogP contribution in [0.3, 0.4) is 0 Å². The predicted molar refractivity (Wildman–Crippen MR) is 108 cm³/mol. The van der Waals surface area contributed by atoms with Gasteiger partial charge in [-0.3, -0.25) is 0 Å². The van der Waals surface area contributed by atoms with Gasteiger partial charge in [-0.1, -0.05) is 38.8 Å². The number of aliphatic hydroxyl groups is 2. The van der Waals surface area contributed by atoms with Gasteiger partial charge < -0.3 is 19.7 Å². The Morgan fingerprint density at radius 1 is 0.903 bits per heavy atom. The number of alkyl halides is 3. The Morgan fingerprint density at radius 3 is 1.81 bits per heavy atom. The van der Waals surface area contributed by atoms with Gasteiger partial charge in [-0.05, 0) is 31.1 Å². The van der Waals surface area contributed by atoms with Crippen LogP contribution >= 0.6 is 0 Å². The molecule has 0 aliphatic heterocycles. The van der Waals surface area contributed by atoms with Gasteiger partial charge in [0.25, 0.3) is 0 Å². The Morgan fingerprint density at radius 2 is 1.39 bits per heavy atom. The summed E-state index contributed by atoms with van der Waals surface area (Å²) in [4.78, 5) is 23.6. The van der Waals surface area contributed by atoms with Gasteiger partial charge in [0.05, 0.1) is 37.6 Å². The molecule has 9 heteroatoms. The fourth-order valence-corrected chi connectivity index (χ4v) is 3.73. The van der Waals surface area contributed by atoms with Crippen LogP contribution < -0.4 is 0 Å². The zero-order valence-electron chi connectivity index (χ0n) is 17.8. The number of carbonyl (C=O) groups excluding carboxylic acids is 2. The molecule has 6 nitrogen and oxygen atoms in total. The number of carbonyl (C=O) groups is 2. The topological polar surface area (TPSA) is 93.1 Å². The predicted octanol–water partition coefficient (Wildman–Crippen LogP) is 3.72. The molecule has 0 aromatic heterocycles. The third-order valence-electron chi connectivity index (χ3n) is 5.70. The molecule has 0 amide bonds. The number of rotatable bonds is 13. The van der Waals surface area contributed by atoms with Gasteiger partial charge in [-0.15, -0.1) is 0 Å². The second-order valence-corrected chi connectivity index (χ2v) is 8.12. The molecule has 2 N–H and O–H groups in total. The Labute approximate surface area is 181 Å². The van der Waals surface area contributed by atoms with E-state index in [0.29, 0.717) is 12.3 Å². The second-order valence-electron chi connectivity index (χ2n) is 8.12. The fraction of sp³-hybridized carbons (Fsp3) is 0.727. The largest absolute Gasteiger partial charge is 0.462 e. The molecular weight excluding hydrogens is 417 g/mol. The van der Waals surface area contributed by atoms with Crippen molar-refractivity contribution in [2.75, 3.05) is 26.4 Å². The summed E-state index contributed by atoms with van der Waals surface area (Å²) in [6.45, 7) is 5.75. The zero-order valence-corrected chi connectivity index (χ0v) is 17.8. The van der Waals surface area contributed by atoms with Crippen molar-refractivity contribution in [2.24, 2.45) is 17.8 Å². The average molecular weight is 450 g/mol. The first-order chi connectivity index (χ1) is 14.6. The van der Waals surface area contributed by atoms with E-state index in [1.165, 1.54) is 0 Å². The van der Waals surface area contributed by atoms with Crippen LogP contribution in [0.15, 0.2) is 24.3 Å². The van der Waals surface area contributed by atoms with E-state index in [2.05, 4.69) is 13.2 Å². The van der Waals surface area contributed by atoms with Crippen molar-refractivity contribution in [2.45, 2.75) is 57.5 Å².